The number of aromatic nitrogens is 2. The predicted octanol–water partition coefficient (Wildman–Crippen LogP) is 2.18. The maximum atomic E-state index is 13.3. The van der Waals surface area contributed by atoms with Crippen LogP contribution in [0.4, 0.5) is 0 Å². The minimum atomic E-state index is -1.35. The van der Waals surface area contributed by atoms with Crippen LogP contribution in [-0.2, 0) is 27.9 Å². The van der Waals surface area contributed by atoms with E-state index in [-0.39, 0.29) is 24.0 Å². The summed E-state index contributed by atoms with van der Waals surface area (Å²) in [6.07, 6.45) is 3.20. The van der Waals surface area contributed by atoms with E-state index in [4.69, 9.17) is 4.74 Å². The zero-order chi connectivity index (χ0) is 21.3. The molecule has 2 aliphatic heterocycles. The topological polar surface area (TPSA) is 84.7 Å². The van der Waals surface area contributed by atoms with E-state index in [2.05, 4.69) is 18.3 Å². The summed E-state index contributed by atoms with van der Waals surface area (Å²) in [5.41, 5.74) is 3.69. The predicted molar refractivity (Wildman–Crippen MR) is 115 cm³/mol. The van der Waals surface area contributed by atoms with Gasteiger partial charge in [-0.2, -0.15) is 5.10 Å². The summed E-state index contributed by atoms with van der Waals surface area (Å²) in [6.45, 7) is 9.54. The molecule has 1 aromatic heterocycles. The van der Waals surface area contributed by atoms with E-state index in [9.17, 15) is 14.1 Å². The Morgan fingerprint density at radius 3 is 2.70 bits per heavy atom. The Labute approximate surface area is 177 Å². The molecule has 1 atom stereocenters. The lowest BCUT2D eigenvalue weighted by molar-refractivity contribution is 0.0298. The number of allylic oxidation sites excluding steroid dienone is 3. The van der Waals surface area contributed by atoms with Crippen LogP contribution >= 0.6 is 0 Å². The zero-order valence-electron chi connectivity index (χ0n) is 16.5. The minimum Gasteiger partial charge on any atom is -0.392 e. The van der Waals surface area contributed by atoms with Crippen molar-refractivity contribution in [3.8, 4) is 5.69 Å². The fourth-order valence-corrected chi connectivity index (χ4v) is 5.08. The van der Waals surface area contributed by atoms with Gasteiger partial charge in [0, 0.05) is 29.1 Å². The number of rotatable bonds is 5. The lowest BCUT2D eigenvalue weighted by Gasteiger charge is -2.26. The summed E-state index contributed by atoms with van der Waals surface area (Å²) in [5.74, 6) is -0.0202. The van der Waals surface area contributed by atoms with Crippen molar-refractivity contribution < 1.29 is 18.8 Å². The van der Waals surface area contributed by atoms with Gasteiger partial charge >= 0.3 is 0 Å². The molecule has 2 aliphatic rings. The van der Waals surface area contributed by atoms with Crippen LogP contribution in [-0.4, -0.2) is 56.2 Å². The van der Waals surface area contributed by atoms with Gasteiger partial charge in [0.2, 0.25) is 0 Å². The van der Waals surface area contributed by atoms with Crippen LogP contribution in [0.15, 0.2) is 54.5 Å². The van der Waals surface area contributed by atoms with E-state index in [1.807, 2.05) is 24.3 Å². The molecule has 156 valence electrons. The van der Waals surface area contributed by atoms with Crippen LogP contribution < -0.4 is 0 Å². The third kappa shape index (κ3) is 3.47. The van der Waals surface area contributed by atoms with Gasteiger partial charge in [-0.05, 0) is 17.7 Å². The number of morpholine rings is 1. The monoisotopic (exact) mass is 425 g/mol. The van der Waals surface area contributed by atoms with E-state index in [0.29, 0.717) is 53.7 Å². The lowest BCUT2D eigenvalue weighted by Crippen LogP contribution is -2.41. The molecule has 1 N–H and O–H groups in total. The van der Waals surface area contributed by atoms with Gasteiger partial charge in [-0.3, -0.25) is 9.00 Å². The highest BCUT2D eigenvalue weighted by molar-refractivity contribution is 7.88. The second kappa shape index (κ2) is 8.51. The Bertz CT molecular complexity index is 1080. The maximum Gasteiger partial charge on any atom is 0.274 e. The second-order valence-electron chi connectivity index (χ2n) is 7.00. The molecule has 1 aromatic carbocycles. The average Bonchev–Trinajstić information content (AvgIpc) is 3.17. The molecule has 1 fully saturated rings. The minimum absolute atomic E-state index is 0.108. The van der Waals surface area contributed by atoms with Crippen molar-refractivity contribution in [3.63, 3.8) is 0 Å². The SMILES string of the molecule is C=CC1=C(C=C)S(=O)Cc2c(C(=O)N3CCOCC3)nn(-c3cccc(CO)c3)c21. The van der Waals surface area contributed by atoms with Gasteiger partial charge in [-0.25, -0.2) is 4.68 Å². The molecule has 1 unspecified atom stereocenters. The molecule has 0 radical (unpaired) electrons. The molecule has 4 rings (SSSR count). The Balaban J connectivity index is 1.94. The van der Waals surface area contributed by atoms with Gasteiger partial charge in [0.1, 0.15) is 0 Å². The second-order valence-corrected chi connectivity index (χ2v) is 8.42. The Morgan fingerprint density at radius 1 is 1.27 bits per heavy atom. The van der Waals surface area contributed by atoms with Crippen molar-refractivity contribution in [3.05, 3.63) is 77.0 Å². The number of nitrogens with zero attached hydrogens (tertiary/aromatic N) is 3. The number of benzene rings is 1. The molecule has 2 aromatic rings. The normalized spacial score (nSPS) is 18.8. The van der Waals surface area contributed by atoms with Crippen LogP contribution in [0.2, 0.25) is 0 Å². The largest absolute Gasteiger partial charge is 0.392 e. The molecule has 8 heteroatoms. The zero-order valence-corrected chi connectivity index (χ0v) is 17.4. The summed E-state index contributed by atoms with van der Waals surface area (Å²) in [7, 11) is -1.35. The molecule has 0 bridgehead atoms. The molecular formula is C22H23N3O4S. The number of aliphatic hydroxyl groups excluding tert-OH is 1. The first kappa shape index (κ1) is 20.5. The van der Waals surface area contributed by atoms with Crippen molar-refractivity contribution in [1.82, 2.24) is 14.7 Å². The van der Waals surface area contributed by atoms with Crippen LogP contribution in [0.3, 0.4) is 0 Å². The van der Waals surface area contributed by atoms with E-state index in [1.54, 1.807) is 21.7 Å². The summed E-state index contributed by atoms with van der Waals surface area (Å²) in [4.78, 5) is 15.6. The first-order valence-electron chi connectivity index (χ1n) is 9.66. The Morgan fingerprint density at radius 2 is 2.03 bits per heavy atom. The van der Waals surface area contributed by atoms with E-state index in [0.717, 1.165) is 5.56 Å². The first-order chi connectivity index (χ1) is 14.6. The van der Waals surface area contributed by atoms with Crippen molar-refractivity contribution in [1.29, 1.82) is 0 Å². The molecular weight excluding hydrogens is 402 g/mol. The first-order valence-corrected chi connectivity index (χ1v) is 11.0. The van der Waals surface area contributed by atoms with Crippen LogP contribution in [0.25, 0.3) is 11.3 Å². The number of aliphatic hydroxyl groups is 1. The third-order valence-electron chi connectivity index (χ3n) is 5.25. The summed E-state index contributed by atoms with van der Waals surface area (Å²) in [5, 5.41) is 14.2. The fraction of sp³-hybridized carbons (Fsp3) is 0.273. The highest BCUT2D eigenvalue weighted by Gasteiger charge is 2.34. The standard InChI is InChI=1S/C22H23N3O4S/c1-3-17-19(4-2)30(28)14-18-20(22(27)24-8-10-29-11-9-24)23-25(21(17)18)16-7-5-6-15(12-16)13-26/h3-7,12,26H,1-2,8-11,13-14H2. The van der Waals surface area contributed by atoms with Gasteiger partial charge in [-0.1, -0.05) is 37.4 Å². The molecule has 7 nitrogen and oxygen atoms in total. The van der Waals surface area contributed by atoms with Gasteiger partial charge in [0.05, 0.1) is 47.8 Å². The third-order valence-corrected chi connectivity index (χ3v) is 6.68. The summed E-state index contributed by atoms with van der Waals surface area (Å²) < 4.78 is 19.9. The highest BCUT2D eigenvalue weighted by atomic mass is 32.2. The highest BCUT2D eigenvalue weighted by Crippen LogP contribution is 2.37. The number of amides is 1. The van der Waals surface area contributed by atoms with Crippen molar-refractivity contribution in [2.45, 2.75) is 12.4 Å². The Hall–Kier alpha value is -2.81. The van der Waals surface area contributed by atoms with Gasteiger partial charge < -0.3 is 14.7 Å². The quantitative estimate of drug-likeness (QED) is 0.794. The number of carbonyl (C=O) groups is 1. The van der Waals surface area contributed by atoms with Crippen LogP contribution in [0.1, 0.15) is 27.3 Å². The molecule has 0 saturated carbocycles. The van der Waals surface area contributed by atoms with Crippen molar-refractivity contribution in [2.75, 3.05) is 26.3 Å². The molecule has 1 saturated heterocycles. The van der Waals surface area contributed by atoms with Crippen molar-refractivity contribution >= 4 is 22.3 Å². The van der Waals surface area contributed by atoms with Gasteiger partial charge in [-0.15, -0.1) is 0 Å². The van der Waals surface area contributed by atoms with E-state index < -0.39 is 10.8 Å². The van der Waals surface area contributed by atoms with E-state index >= 15 is 0 Å². The van der Waals surface area contributed by atoms with Gasteiger partial charge in [0.25, 0.3) is 5.91 Å². The molecule has 30 heavy (non-hydrogen) atoms. The fourth-order valence-electron chi connectivity index (χ4n) is 3.77. The smallest absolute Gasteiger partial charge is 0.274 e. The summed E-state index contributed by atoms with van der Waals surface area (Å²) in [6, 6.07) is 7.31. The number of ether oxygens (including phenoxy) is 1. The van der Waals surface area contributed by atoms with Crippen LogP contribution in [0.5, 0.6) is 0 Å². The van der Waals surface area contributed by atoms with E-state index in [1.165, 1.54) is 0 Å². The number of carbonyl (C=O) groups excluding carboxylic acids is 1. The summed E-state index contributed by atoms with van der Waals surface area (Å²) >= 11 is 0. The molecule has 1 amide bonds. The number of fused-ring (bicyclic) bond motifs is 1. The number of hydrogen-bond donors (Lipinski definition) is 1. The lowest BCUT2D eigenvalue weighted by atomic mass is 10.0. The van der Waals surface area contributed by atoms with Gasteiger partial charge in [0.15, 0.2) is 5.69 Å². The molecule has 3 heterocycles. The number of hydrogen-bond acceptors (Lipinski definition) is 5. The molecule has 0 spiro atoms. The van der Waals surface area contributed by atoms with Crippen molar-refractivity contribution in [2.24, 2.45) is 0 Å². The van der Waals surface area contributed by atoms with Crippen LogP contribution in [0, 0.1) is 0 Å². The molecule has 0 aliphatic carbocycles. The average molecular weight is 426 g/mol. The maximum absolute atomic E-state index is 13.3. The Kier molecular flexibility index (Phi) is 5.80.